The number of carbonyl (C=O) groups excluding carboxylic acids is 2. The zero-order valence-corrected chi connectivity index (χ0v) is 12.5. The molecule has 1 heterocycles. The van der Waals surface area contributed by atoms with Gasteiger partial charge in [-0.2, -0.15) is 0 Å². The van der Waals surface area contributed by atoms with E-state index in [0.717, 1.165) is 17.7 Å². The Labute approximate surface area is 129 Å². The summed E-state index contributed by atoms with van der Waals surface area (Å²) in [7, 11) is 1.61. The molecule has 2 N–H and O–H groups in total. The SMILES string of the molecule is COc1cccc(CN2CCC=C(CCC(=O)NO)C2=O)c1. The zero-order chi connectivity index (χ0) is 15.9. The summed E-state index contributed by atoms with van der Waals surface area (Å²) in [5.74, 6) is 0.218. The monoisotopic (exact) mass is 304 g/mol. The Bertz CT molecular complexity index is 583. The highest BCUT2D eigenvalue weighted by Crippen LogP contribution is 2.20. The molecular formula is C16H20N2O4. The van der Waals surface area contributed by atoms with Crippen LogP contribution in [0.5, 0.6) is 5.75 Å². The molecule has 22 heavy (non-hydrogen) atoms. The Kier molecular flexibility index (Phi) is 5.55. The maximum atomic E-state index is 12.4. The van der Waals surface area contributed by atoms with E-state index in [4.69, 9.17) is 9.94 Å². The van der Waals surface area contributed by atoms with Gasteiger partial charge in [0.25, 0.3) is 0 Å². The van der Waals surface area contributed by atoms with Crippen LogP contribution in [0.4, 0.5) is 0 Å². The fraction of sp³-hybridized carbons (Fsp3) is 0.375. The summed E-state index contributed by atoms with van der Waals surface area (Å²) < 4.78 is 5.19. The molecule has 1 aliphatic rings. The molecule has 0 spiro atoms. The summed E-state index contributed by atoms with van der Waals surface area (Å²) in [6, 6.07) is 7.61. The molecule has 0 aliphatic carbocycles. The van der Waals surface area contributed by atoms with Crippen molar-refractivity contribution >= 4 is 11.8 Å². The minimum atomic E-state index is -0.487. The predicted octanol–water partition coefficient (Wildman–Crippen LogP) is 1.64. The molecule has 0 saturated heterocycles. The van der Waals surface area contributed by atoms with Crippen LogP contribution >= 0.6 is 0 Å². The lowest BCUT2D eigenvalue weighted by Crippen LogP contribution is -2.35. The van der Waals surface area contributed by atoms with Crippen LogP contribution in [0, 0.1) is 0 Å². The molecule has 6 heteroatoms. The van der Waals surface area contributed by atoms with E-state index in [2.05, 4.69) is 0 Å². The second-order valence-electron chi connectivity index (χ2n) is 5.13. The van der Waals surface area contributed by atoms with Crippen molar-refractivity contribution < 1.29 is 19.5 Å². The van der Waals surface area contributed by atoms with Gasteiger partial charge in [-0.05, 0) is 30.5 Å². The molecule has 0 fully saturated rings. The number of carbonyl (C=O) groups is 2. The third-order valence-corrected chi connectivity index (χ3v) is 3.61. The largest absolute Gasteiger partial charge is 0.497 e. The highest BCUT2D eigenvalue weighted by Gasteiger charge is 2.22. The topological polar surface area (TPSA) is 78.9 Å². The molecule has 118 valence electrons. The van der Waals surface area contributed by atoms with Crippen LogP contribution in [0.2, 0.25) is 0 Å². The van der Waals surface area contributed by atoms with Crippen molar-refractivity contribution in [3.63, 3.8) is 0 Å². The molecule has 0 atom stereocenters. The van der Waals surface area contributed by atoms with E-state index in [-0.39, 0.29) is 12.3 Å². The van der Waals surface area contributed by atoms with E-state index in [9.17, 15) is 9.59 Å². The summed E-state index contributed by atoms with van der Waals surface area (Å²) >= 11 is 0. The minimum absolute atomic E-state index is 0.0557. The Hall–Kier alpha value is -2.34. The predicted molar refractivity (Wildman–Crippen MR) is 80.3 cm³/mol. The Morgan fingerprint density at radius 2 is 2.27 bits per heavy atom. The minimum Gasteiger partial charge on any atom is -0.497 e. The number of rotatable bonds is 6. The third kappa shape index (κ3) is 4.08. The fourth-order valence-corrected chi connectivity index (χ4v) is 2.44. The number of hydroxylamine groups is 1. The van der Waals surface area contributed by atoms with Gasteiger partial charge in [-0.25, -0.2) is 5.48 Å². The highest BCUT2D eigenvalue weighted by atomic mass is 16.5. The lowest BCUT2D eigenvalue weighted by Gasteiger charge is -2.27. The van der Waals surface area contributed by atoms with Gasteiger partial charge in [0.2, 0.25) is 11.8 Å². The van der Waals surface area contributed by atoms with Crippen LogP contribution in [0.25, 0.3) is 0 Å². The van der Waals surface area contributed by atoms with Crippen LogP contribution in [0.3, 0.4) is 0 Å². The zero-order valence-electron chi connectivity index (χ0n) is 12.5. The second-order valence-corrected chi connectivity index (χ2v) is 5.13. The average Bonchev–Trinajstić information content (AvgIpc) is 2.55. The van der Waals surface area contributed by atoms with E-state index in [1.165, 1.54) is 0 Å². The van der Waals surface area contributed by atoms with Crippen LogP contribution in [-0.2, 0) is 16.1 Å². The summed E-state index contributed by atoms with van der Waals surface area (Å²) in [6.07, 6.45) is 3.07. The smallest absolute Gasteiger partial charge is 0.249 e. The highest BCUT2D eigenvalue weighted by molar-refractivity contribution is 5.94. The van der Waals surface area contributed by atoms with Crippen LogP contribution in [0.15, 0.2) is 35.9 Å². The van der Waals surface area contributed by atoms with Crippen molar-refractivity contribution in [1.82, 2.24) is 10.4 Å². The molecule has 1 aliphatic heterocycles. The van der Waals surface area contributed by atoms with Crippen molar-refractivity contribution in [2.75, 3.05) is 13.7 Å². The lowest BCUT2D eigenvalue weighted by molar-refractivity contribution is -0.129. The van der Waals surface area contributed by atoms with Crippen molar-refractivity contribution in [2.45, 2.75) is 25.8 Å². The molecule has 1 aromatic carbocycles. The normalized spacial score (nSPS) is 14.5. The molecule has 2 rings (SSSR count). The number of nitrogens with zero attached hydrogens (tertiary/aromatic N) is 1. The van der Waals surface area contributed by atoms with E-state index in [1.807, 2.05) is 30.3 Å². The van der Waals surface area contributed by atoms with Gasteiger partial charge in [0.15, 0.2) is 0 Å². The number of methoxy groups -OCH3 is 1. The Morgan fingerprint density at radius 3 is 3.00 bits per heavy atom. The van der Waals surface area contributed by atoms with Gasteiger partial charge in [-0.3, -0.25) is 14.8 Å². The lowest BCUT2D eigenvalue weighted by atomic mass is 10.0. The van der Waals surface area contributed by atoms with E-state index in [1.54, 1.807) is 17.5 Å². The first-order valence-corrected chi connectivity index (χ1v) is 7.18. The summed E-state index contributed by atoms with van der Waals surface area (Å²) in [6.45, 7) is 1.17. The molecule has 2 amide bonds. The molecule has 1 aromatic rings. The van der Waals surface area contributed by atoms with Crippen LogP contribution < -0.4 is 10.2 Å². The number of ether oxygens (including phenoxy) is 1. The van der Waals surface area contributed by atoms with Gasteiger partial charge in [-0.1, -0.05) is 18.2 Å². The summed E-state index contributed by atoms with van der Waals surface area (Å²) in [5, 5.41) is 8.50. The number of hydrogen-bond acceptors (Lipinski definition) is 4. The molecule has 0 aromatic heterocycles. The number of hydrogen-bond donors (Lipinski definition) is 2. The number of amides is 2. The Balaban J connectivity index is 1.99. The van der Waals surface area contributed by atoms with Gasteiger partial charge in [-0.15, -0.1) is 0 Å². The van der Waals surface area contributed by atoms with Gasteiger partial charge < -0.3 is 9.64 Å². The van der Waals surface area contributed by atoms with Crippen LogP contribution in [-0.4, -0.2) is 35.6 Å². The van der Waals surface area contributed by atoms with Gasteiger partial charge in [0, 0.05) is 25.1 Å². The van der Waals surface area contributed by atoms with E-state index >= 15 is 0 Å². The van der Waals surface area contributed by atoms with Crippen LogP contribution in [0.1, 0.15) is 24.8 Å². The summed E-state index contributed by atoms with van der Waals surface area (Å²) in [5.41, 5.74) is 3.20. The Morgan fingerprint density at radius 1 is 1.45 bits per heavy atom. The van der Waals surface area contributed by atoms with Crippen molar-refractivity contribution in [1.29, 1.82) is 0 Å². The van der Waals surface area contributed by atoms with Crippen molar-refractivity contribution in [3.05, 3.63) is 41.5 Å². The molecular weight excluding hydrogens is 284 g/mol. The second kappa shape index (κ2) is 7.61. The molecule has 0 radical (unpaired) electrons. The maximum absolute atomic E-state index is 12.4. The first kappa shape index (κ1) is 16.0. The van der Waals surface area contributed by atoms with Crippen molar-refractivity contribution in [3.8, 4) is 5.75 Å². The maximum Gasteiger partial charge on any atom is 0.249 e. The molecule has 6 nitrogen and oxygen atoms in total. The van der Waals surface area contributed by atoms with Gasteiger partial charge in [0.05, 0.1) is 7.11 Å². The first-order valence-electron chi connectivity index (χ1n) is 7.18. The molecule has 0 bridgehead atoms. The quantitative estimate of drug-likeness (QED) is 0.618. The fourth-order valence-electron chi connectivity index (χ4n) is 2.44. The molecule has 0 saturated carbocycles. The number of benzene rings is 1. The van der Waals surface area contributed by atoms with E-state index in [0.29, 0.717) is 25.1 Å². The third-order valence-electron chi connectivity index (χ3n) is 3.61. The van der Waals surface area contributed by atoms with E-state index < -0.39 is 5.91 Å². The van der Waals surface area contributed by atoms with Gasteiger partial charge in [0.1, 0.15) is 5.75 Å². The first-order chi connectivity index (χ1) is 10.6. The summed E-state index contributed by atoms with van der Waals surface area (Å²) in [4.78, 5) is 25.3. The standard InChI is InChI=1S/C16H20N2O4/c1-22-14-6-2-4-12(10-14)11-18-9-3-5-13(16(18)20)7-8-15(19)17-21/h2,4-6,10,21H,3,7-9,11H2,1H3,(H,17,19). The van der Waals surface area contributed by atoms with Gasteiger partial charge >= 0.3 is 0 Å². The van der Waals surface area contributed by atoms with Crippen molar-refractivity contribution in [2.24, 2.45) is 0 Å². The number of nitrogens with one attached hydrogen (secondary N) is 1. The average molecular weight is 304 g/mol. The molecule has 0 unspecified atom stereocenters.